The van der Waals surface area contributed by atoms with Gasteiger partial charge in [-0.25, -0.2) is 8.42 Å². The zero-order valence-corrected chi connectivity index (χ0v) is 17.6. The molecule has 2 aromatic carbocycles. The number of hydrogen-bond acceptors (Lipinski definition) is 6. The van der Waals surface area contributed by atoms with Crippen molar-refractivity contribution in [2.45, 2.75) is 44.3 Å². The van der Waals surface area contributed by atoms with E-state index in [0.717, 1.165) is 16.7 Å². The number of amides is 1. The molecule has 0 aliphatic rings. The fraction of sp³-hybridized carbons (Fsp3) is 0.286. The highest BCUT2D eigenvalue weighted by molar-refractivity contribution is 7.92. The van der Waals surface area contributed by atoms with Crippen molar-refractivity contribution in [1.29, 1.82) is 0 Å². The van der Waals surface area contributed by atoms with Crippen LogP contribution in [0.5, 0.6) is 0 Å². The summed E-state index contributed by atoms with van der Waals surface area (Å²) in [5.74, 6) is -0.141. The van der Waals surface area contributed by atoms with Gasteiger partial charge >= 0.3 is 6.01 Å². The lowest BCUT2D eigenvalue weighted by Crippen LogP contribution is -2.15. The van der Waals surface area contributed by atoms with Gasteiger partial charge in [-0.15, -0.1) is 5.10 Å². The molecule has 1 amide bonds. The molecule has 0 saturated heterocycles. The molecule has 29 heavy (non-hydrogen) atoms. The maximum absolute atomic E-state index is 12.4. The molecule has 1 heterocycles. The Kier molecular flexibility index (Phi) is 5.83. The van der Waals surface area contributed by atoms with Crippen molar-refractivity contribution >= 4 is 21.8 Å². The Labute approximate surface area is 170 Å². The number of aromatic nitrogens is 2. The molecular formula is C21H23N3O4S. The third-order valence-corrected chi connectivity index (χ3v) is 6.71. The van der Waals surface area contributed by atoms with Crippen LogP contribution in [0.1, 0.15) is 30.5 Å². The second kappa shape index (κ2) is 8.16. The van der Waals surface area contributed by atoms with E-state index in [1.165, 1.54) is 12.1 Å². The highest BCUT2D eigenvalue weighted by Crippen LogP contribution is 2.25. The molecule has 0 saturated carbocycles. The molecule has 3 aromatic rings. The largest absolute Gasteiger partial charge is 0.403 e. The third-order valence-electron chi connectivity index (χ3n) is 4.56. The number of hydrogen-bond donors (Lipinski definition) is 1. The van der Waals surface area contributed by atoms with Crippen LogP contribution in [-0.2, 0) is 21.1 Å². The first kappa shape index (κ1) is 20.7. The normalized spacial score (nSPS) is 11.6. The van der Waals surface area contributed by atoms with Crippen LogP contribution in [0.25, 0.3) is 11.5 Å². The third kappa shape index (κ3) is 4.71. The lowest BCUT2D eigenvalue weighted by molar-refractivity contribution is -0.115. The number of sulfone groups is 1. The lowest BCUT2D eigenvalue weighted by atomic mass is 10.0. The van der Waals surface area contributed by atoms with Gasteiger partial charge in [0.15, 0.2) is 9.84 Å². The van der Waals surface area contributed by atoms with Gasteiger partial charge in [0.1, 0.15) is 0 Å². The van der Waals surface area contributed by atoms with Crippen LogP contribution in [0.2, 0.25) is 0 Å². The van der Waals surface area contributed by atoms with Crippen molar-refractivity contribution in [3.05, 3.63) is 59.2 Å². The van der Waals surface area contributed by atoms with E-state index in [-0.39, 0.29) is 29.1 Å². The quantitative estimate of drug-likeness (QED) is 0.661. The summed E-state index contributed by atoms with van der Waals surface area (Å²) < 4.78 is 30.2. The summed E-state index contributed by atoms with van der Waals surface area (Å²) in [6, 6.07) is 12.2. The van der Waals surface area contributed by atoms with Gasteiger partial charge in [-0.05, 0) is 57.0 Å². The van der Waals surface area contributed by atoms with Gasteiger partial charge in [-0.2, -0.15) is 0 Å². The molecule has 1 N–H and O–H groups in total. The van der Waals surface area contributed by atoms with Crippen LogP contribution in [0, 0.1) is 13.8 Å². The van der Waals surface area contributed by atoms with E-state index in [9.17, 15) is 13.2 Å². The van der Waals surface area contributed by atoms with E-state index in [4.69, 9.17) is 4.42 Å². The fourth-order valence-electron chi connectivity index (χ4n) is 2.80. The SMILES string of the molecule is Cc1ccc(C)c(CC(=O)Nc2nnc(-c3cccc(S(=O)(=O)C(C)C)c3)o2)c1. The van der Waals surface area contributed by atoms with E-state index in [1.807, 2.05) is 32.0 Å². The lowest BCUT2D eigenvalue weighted by Gasteiger charge is -2.08. The van der Waals surface area contributed by atoms with Crippen LogP contribution >= 0.6 is 0 Å². The van der Waals surface area contributed by atoms with Crippen LogP contribution in [0.4, 0.5) is 6.01 Å². The van der Waals surface area contributed by atoms with Crippen LogP contribution in [0.15, 0.2) is 51.8 Å². The van der Waals surface area contributed by atoms with Gasteiger partial charge in [0.2, 0.25) is 11.8 Å². The summed E-state index contributed by atoms with van der Waals surface area (Å²) in [4.78, 5) is 12.5. The standard InChI is InChI=1S/C21H23N3O4S/c1-13(2)29(26,27)18-7-5-6-16(11-18)20-23-24-21(28-20)22-19(25)12-17-10-14(3)8-9-15(17)4/h5-11,13H,12H2,1-4H3,(H,22,24,25). The first-order valence-electron chi connectivity index (χ1n) is 9.20. The number of aryl methyl sites for hydroxylation is 2. The smallest absolute Gasteiger partial charge is 0.322 e. The van der Waals surface area contributed by atoms with Gasteiger partial charge in [0.25, 0.3) is 0 Å². The molecule has 0 bridgehead atoms. The first-order chi connectivity index (χ1) is 13.7. The Morgan fingerprint density at radius 3 is 2.59 bits per heavy atom. The van der Waals surface area contributed by atoms with Crippen LogP contribution in [0.3, 0.4) is 0 Å². The number of anilines is 1. The summed E-state index contributed by atoms with van der Waals surface area (Å²) in [5, 5.41) is 9.81. The number of carbonyl (C=O) groups is 1. The van der Waals surface area contributed by atoms with Gasteiger partial charge in [-0.3, -0.25) is 10.1 Å². The van der Waals surface area contributed by atoms with Crippen LogP contribution < -0.4 is 5.32 Å². The summed E-state index contributed by atoms with van der Waals surface area (Å²) in [5.41, 5.74) is 3.50. The van der Waals surface area contributed by atoms with Gasteiger partial charge < -0.3 is 4.42 Å². The minimum absolute atomic E-state index is 0.0348. The molecule has 0 radical (unpaired) electrons. The average molecular weight is 413 g/mol. The zero-order chi connectivity index (χ0) is 21.2. The second-order valence-corrected chi connectivity index (χ2v) is 9.69. The van der Waals surface area contributed by atoms with E-state index in [0.29, 0.717) is 5.56 Å². The molecule has 8 heteroatoms. The predicted molar refractivity (Wildman–Crippen MR) is 110 cm³/mol. The molecule has 7 nitrogen and oxygen atoms in total. The summed E-state index contributed by atoms with van der Waals surface area (Å²) in [6.07, 6.45) is 0.188. The molecule has 0 spiro atoms. The first-order valence-corrected chi connectivity index (χ1v) is 10.8. The molecule has 0 atom stereocenters. The van der Waals surface area contributed by atoms with Gasteiger partial charge in [0.05, 0.1) is 16.6 Å². The number of nitrogens with zero attached hydrogens (tertiary/aromatic N) is 2. The second-order valence-electron chi connectivity index (χ2n) is 7.19. The van der Waals surface area contributed by atoms with E-state index >= 15 is 0 Å². The highest BCUT2D eigenvalue weighted by atomic mass is 32.2. The number of benzene rings is 2. The highest BCUT2D eigenvalue weighted by Gasteiger charge is 2.20. The minimum atomic E-state index is -3.42. The molecule has 152 valence electrons. The average Bonchev–Trinajstić information content (AvgIpc) is 3.13. The number of rotatable bonds is 6. The van der Waals surface area contributed by atoms with Gasteiger partial charge in [0, 0.05) is 5.56 Å². The van der Waals surface area contributed by atoms with Crippen molar-refractivity contribution in [2.24, 2.45) is 0 Å². The summed E-state index contributed by atoms with van der Waals surface area (Å²) in [6.45, 7) is 7.17. The molecule has 0 aliphatic heterocycles. The van der Waals surface area contributed by atoms with Gasteiger partial charge in [-0.1, -0.05) is 34.9 Å². The number of nitrogens with one attached hydrogen (secondary N) is 1. The summed E-state index contributed by atoms with van der Waals surface area (Å²) in [7, 11) is -3.42. The molecule has 0 aliphatic carbocycles. The van der Waals surface area contributed by atoms with Crippen molar-refractivity contribution in [3.63, 3.8) is 0 Å². The molecule has 0 unspecified atom stereocenters. The van der Waals surface area contributed by atoms with E-state index in [2.05, 4.69) is 15.5 Å². The summed E-state index contributed by atoms with van der Waals surface area (Å²) >= 11 is 0. The number of carbonyl (C=O) groups excluding carboxylic acids is 1. The monoisotopic (exact) mass is 413 g/mol. The maximum atomic E-state index is 12.4. The van der Waals surface area contributed by atoms with E-state index in [1.54, 1.807) is 26.0 Å². The molecular weight excluding hydrogens is 390 g/mol. The van der Waals surface area contributed by atoms with E-state index < -0.39 is 15.1 Å². The Morgan fingerprint density at radius 1 is 1.10 bits per heavy atom. The van der Waals surface area contributed by atoms with Crippen molar-refractivity contribution in [3.8, 4) is 11.5 Å². The fourth-order valence-corrected chi connectivity index (χ4v) is 3.90. The Bertz CT molecular complexity index is 1150. The van der Waals surface area contributed by atoms with Crippen molar-refractivity contribution in [1.82, 2.24) is 10.2 Å². The molecule has 1 aromatic heterocycles. The molecule has 3 rings (SSSR count). The Morgan fingerprint density at radius 2 is 1.86 bits per heavy atom. The zero-order valence-electron chi connectivity index (χ0n) is 16.8. The minimum Gasteiger partial charge on any atom is -0.403 e. The van der Waals surface area contributed by atoms with Crippen molar-refractivity contribution < 1.29 is 17.6 Å². The predicted octanol–water partition coefficient (Wildman–Crippen LogP) is 3.72. The maximum Gasteiger partial charge on any atom is 0.322 e. The molecule has 0 fully saturated rings. The van der Waals surface area contributed by atoms with Crippen molar-refractivity contribution in [2.75, 3.05) is 5.32 Å². The topological polar surface area (TPSA) is 102 Å². The van der Waals surface area contributed by atoms with Crippen LogP contribution in [-0.4, -0.2) is 29.8 Å². The Balaban J connectivity index is 1.76. The Hall–Kier alpha value is -3.00.